The fourth-order valence-electron chi connectivity index (χ4n) is 2.24. The summed E-state index contributed by atoms with van der Waals surface area (Å²) in [5.74, 6) is -6.27. The lowest BCUT2D eigenvalue weighted by Crippen LogP contribution is -2.49. The molecule has 0 saturated carbocycles. The summed E-state index contributed by atoms with van der Waals surface area (Å²) in [6.45, 7) is 0. The van der Waals surface area contributed by atoms with Crippen molar-refractivity contribution in [2.24, 2.45) is 0 Å². The second-order valence-corrected chi connectivity index (χ2v) is 9.74. The second kappa shape index (κ2) is 7.86. The molecule has 1 atom stereocenters. The topological polar surface area (TPSA) is 58.2 Å². The van der Waals surface area contributed by atoms with E-state index in [9.17, 15) is 39.2 Å². The number of rotatable bonds is 5. The van der Waals surface area contributed by atoms with Crippen molar-refractivity contribution in [2.75, 3.05) is 16.8 Å². The van der Waals surface area contributed by atoms with E-state index in [4.69, 9.17) is 12.2 Å². The van der Waals surface area contributed by atoms with Crippen LogP contribution in [0.1, 0.15) is 6.42 Å². The van der Waals surface area contributed by atoms with Gasteiger partial charge in [-0.15, -0.1) is 0 Å². The second-order valence-electron chi connectivity index (χ2n) is 5.91. The zero-order valence-electron chi connectivity index (χ0n) is 13.7. The van der Waals surface area contributed by atoms with Gasteiger partial charge < -0.3 is 10.6 Å². The van der Waals surface area contributed by atoms with Gasteiger partial charge in [-0.1, -0.05) is 0 Å². The van der Waals surface area contributed by atoms with Crippen molar-refractivity contribution in [1.29, 1.82) is 0 Å². The van der Waals surface area contributed by atoms with E-state index < -0.39 is 43.8 Å². The van der Waals surface area contributed by atoms with Crippen LogP contribution in [0.25, 0.3) is 0 Å². The Bertz CT molecular complexity index is 826. The highest BCUT2D eigenvalue weighted by molar-refractivity contribution is 8.00. The van der Waals surface area contributed by atoms with Gasteiger partial charge in [0.25, 0.3) is 0 Å². The van der Waals surface area contributed by atoms with Gasteiger partial charge in [0.05, 0.1) is 11.5 Å². The van der Waals surface area contributed by atoms with Gasteiger partial charge >= 0.3 is 17.4 Å². The molecule has 0 aromatic heterocycles. The molecule has 0 bridgehead atoms. The highest BCUT2D eigenvalue weighted by Crippen LogP contribution is 2.53. The molecule has 1 aliphatic heterocycles. The number of benzene rings is 1. The Labute approximate surface area is 165 Å². The zero-order valence-corrected chi connectivity index (χ0v) is 16.1. The summed E-state index contributed by atoms with van der Waals surface area (Å²) in [5.41, 5.74) is 0.244. The first-order chi connectivity index (χ1) is 12.6. The Balaban J connectivity index is 1.97. The Morgan fingerprint density at radius 1 is 1.07 bits per heavy atom. The van der Waals surface area contributed by atoms with E-state index in [0.717, 1.165) is 24.3 Å². The van der Waals surface area contributed by atoms with E-state index in [1.54, 1.807) is 0 Å². The number of hydrogen-bond acceptors (Lipinski definition) is 4. The lowest BCUT2D eigenvalue weighted by atomic mass is 10.3. The van der Waals surface area contributed by atoms with Crippen molar-refractivity contribution in [1.82, 2.24) is 5.32 Å². The average molecular weight is 470 g/mol. The van der Waals surface area contributed by atoms with Crippen molar-refractivity contribution in [2.45, 2.75) is 34.7 Å². The van der Waals surface area contributed by atoms with Crippen LogP contribution in [0.2, 0.25) is 0 Å². The first-order valence-electron chi connectivity index (χ1n) is 7.52. The predicted molar refractivity (Wildman–Crippen MR) is 94.7 cm³/mol. The summed E-state index contributed by atoms with van der Waals surface area (Å²) in [4.78, 5) is -0.514. The molecule has 0 aliphatic carbocycles. The average Bonchev–Trinajstić information content (AvgIpc) is 2.86. The van der Waals surface area contributed by atoms with Crippen LogP contribution in [0, 0.1) is 0 Å². The molecular formula is C14H13F7N2O2S3. The third kappa shape index (κ3) is 5.41. The molecule has 0 spiro atoms. The number of nitrogens with one attached hydrogen (secondary N) is 2. The molecule has 4 nitrogen and oxygen atoms in total. The summed E-state index contributed by atoms with van der Waals surface area (Å²) in [5, 5.41) is 0.0599. The van der Waals surface area contributed by atoms with Gasteiger partial charge in [-0.3, -0.25) is 0 Å². The number of anilines is 1. The Kier molecular flexibility index (Phi) is 6.46. The fraction of sp³-hybridized carbons (Fsp3) is 0.500. The molecule has 0 unspecified atom stereocenters. The quantitative estimate of drug-likeness (QED) is 0.385. The van der Waals surface area contributed by atoms with E-state index in [2.05, 4.69) is 10.6 Å². The first kappa shape index (κ1) is 23.0. The molecule has 1 heterocycles. The number of alkyl halides is 7. The number of sulfone groups is 1. The van der Waals surface area contributed by atoms with Crippen molar-refractivity contribution in [3.63, 3.8) is 0 Å². The summed E-state index contributed by atoms with van der Waals surface area (Å²) in [6.07, 6.45) is -6.03. The Morgan fingerprint density at radius 3 is 2.11 bits per heavy atom. The number of thiocarbonyl (C=S) groups is 1. The maximum atomic E-state index is 13.4. The molecule has 1 aromatic rings. The van der Waals surface area contributed by atoms with Gasteiger partial charge in [0, 0.05) is 16.6 Å². The summed E-state index contributed by atoms with van der Waals surface area (Å²) < 4.78 is 112. The van der Waals surface area contributed by atoms with Crippen LogP contribution in [-0.4, -0.2) is 48.4 Å². The molecule has 0 amide bonds. The monoisotopic (exact) mass is 470 g/mol. The van der Waals surface area contributed by atoms with Gasteiger partial charge in [-0.05, 0) is 54.7 Å². The minimum absolute atomic E-state index is 0.0238. The van der Waals surface area contributed by atoms with E-state index in [-0.39, 0.29) is 28.3 Å². The van der Waals surface area contributed by atoms with Gasteiger partial charge in [-0.2, -0.15) is 30.7 Å². The standard InChI is InChI=1S/C14H13F7N2O2S3/c15-12(16,13(17,18)19)14(20,21)27-10-3-1-8(2-4-10)22-11(26)23-9-5-6-28(24,25)7-9/h1-4,9H,5-7H2,(H2,22,23,26)/t9-/m0/s1. The molecule has 158 valence electrons. The van der Waals surface area contributed by atoms with Gasteiger partial charge in [0.15, 0.2) is 14.9 Å². The van der Waals surface area contributed by atoms with Crippen LogP contribution in [0.4, 0.5) is 36.4 Å². The maximum absolute atomic E-state index is 13.4. The molecule has 2 N–H and O–H groups in total. The highest BCUT2D eigenvalue weighted by atomic mass is 32.2. The van der Waals surface area contributed by atoms with E-state index in [1.807, 2.05) is 0 Å². The Morgan fingerprint density at radius 2 is 1.64 bits per heavy atom. The van der Waals surface area contributed by atoms with E-state index in [0.29, 0.717) is 6.42 Å². The molecule has 1 aliphatic rings. The molecule has 1 saturated heterocycles. The maximum Gasteiger partial charge on any atom is 0.460 e. The number of hydrogen-bond donors (Lipinski definition) is 2. The predicted octanol–water partition coefficient (Wildman–Crippen LogP) is 4.04. The van der Waals surface area contributed by atoms with Crippen molar-refractivity contribution < 1.29 is 39.2 Å². The van der Waals surface area contributed by atoms with Crippen molar-refractivity contribution in [3.8, 4) is 0 Å². The normalized spacial score (nSPS) is 20.0. The highest BCUT2D eigenvalue weighted by Gasteiger charge is 2.73. The summed E-state index contributed by atoms with van der Waals surface area (Å²) in [7, 11) is -3.12. The molecule has 14 heteroatoms. The van der Waals surface area contributed by atoms with Crippen LogP contribution >= 0.6 is 24.0 Å². The number of halogens is 7. The molecule has 28 heavy (non-hydrogen) atoms. The number of thioether (sulfide) groups is 1. The Hall–Kier alpha value is -1.28. The van der Waals surface area contributed by atoms with Crippen molar-refractivity contribution >= 4 is 44.6 Å². The van der Waals surface area contributed by atoms with Crippen LogP contribution in [0.5, 0.6) is 0 Å². The molecule has 0 radical (unpaired) electrons. The van der Waals surface area contributed by atoms with E-state index in [1.165, 1.54) is 0 Å². The smallest absolute Gasteiger partial charge is 0.359 e. The van der Waals surface area contributed by atoms with Crippen LogP contribution in [-0.2, 0) is 9.84 Å². The van der Waals surface area contributed by atoms with Gasteiger partial charge in [0.1, 0.15) is 0 Å². The largest absolute Gasteiger partial charge is 0.460 e. The third-order valence-corrected chi connectivity index (χ3v) is 6.66. The summed E-state index contributed by atoms with van der Waals surface area (Å²) >= 11 is 4.08. The molecular weight excluding hydrogens is 457 g/mol. The lowest BCUT2D eigenvalue weighted by Gasteiger charge is -2.27. The van der Waals surface area contributed by atoms with Gasteiger partial charge in [0.2, 0.25) is 0 Å². The lowest BCUT2D eigenvalue weighted by molar-refractivity contribution is -0.330. The van der Waals surface area contributed by atoms with Crippen LogP contribution < -0.4 is 10.6 Å². The minimum Gasteiger partial charge on any atom is -0.359 e. The molecule has 1 fully saturated rings. The summed E-state index contributed by atoms with van der Waals surface area (Å²) in [6, 6.07) is 3.78. The van der Waals surface area contributed by atoms with Crippen LogP contribution in [0.3, 0.4) is 0 Å². The van der Waals surface area contributed by atoms with Crippen LogP contribution in [0.15, 0.2) is 29.2 Å². The zero-order chi connectivity index (χ0) is 21.4. The SMILES string of the molecule is O=S1(=O)CC[C@H](NC(=S)Nc2ccc(SC(F)(F)C(F)(F)C(F)(F)F)cc2)C1. The van der Waals surface area contributed by atoms with Crippen molar-refractivity contribution in [3.05, 3.63) is 24.3 Å². The van der Waals surface area contributed by atoms with Gasteiger partial charge in [-0.25, -0.2) is 8.42 Å². The molecule has 2 rings (SSSR count). The first-order valence-corrected chi connectivity index (χ1v) is 10.6. The minimum atomic E-state index is -6.39. The third-order valence-electron chi connectivity index (χ3n) is 3.65. The molecule has 1 aromatic carbocycles. The fourth-order valence-corrected chi connectivity index (χ4v) is 5.01. The van der Waals surface area contributed by atoms with E-state index >= 15 is 0 Å².